The second-order valence-corrected chi connectivity index (χ2v) is 7.65. The van der Waals surface area contributed by atoms with Gasteiger partial charge in [-0.05, 0) is 32.9 Å². The highest BCUT2D eigenvalue weighted by molar-refractivity contribution is 6.34. The van der Waals surface area contributed by atoms with Crippen LogP contribution in [0.5, 0.6) is 11.5 Å². The molecule has 1 saturated heterocycles. The Morgan fingerprint density at radius 2 is 1.89 bits per heavy atom. The quantitative estimate of drug-likeness (QED) is 0.686. The van der Waals surface area contributed by atoms with Gasteiger partial charge in [-0.15, -0.1) is 0 Å². The molecule has 1 aliphatic heterocycles. The molecule has 0 saturated carbocycles. The zero-order valence-electron chi connectivity index (χ0n) is 16.3. The Balaban J connectivity index is 1.80. The predicted octanol–water partition coefficient (Wildman–Crippen LogP) is 3.09. The van der Waals surface area contributed by atoms with Crippen LogP contribution in [0.1, 0.15) is 31.1 Å². The highest BCUT2D eigenvalue weighted by Gasteiger charge is 2.25. The molecule has 27 heavy (non-hydrogen) atoms. The van der Waals surface area contributed by atoms with E-state index in [1.165, 1.54) is 7.11 Å². The van der Waals surface area contributed by atoms with Gasteiger partial charge in [0.05, 0.1) is 12.1 Å². The van der Waals surface area contributed by atoms with E-state index in [1.807, 2.05) is 20.8 Å². The lowest BCUT2D eigenvalue weighted by atomic mass is 10.2. The molecule has 0 spiro atoms. The maximum absolute atomic E-state index is 12.1. The first kappa shape index (κ1) is 21.3. The molecule has 0 aliphatic carbocycles. The first-order chi connectivity index (χ1) is 12.7. The third-order valence-electron chi connectivity index (χ3n) is 4.11. The lowest BCUT2D eigenvalue weighted by molar-refractivity contribution is 0.0136. The minimum absolute atomic E-state index is 0.246. The van der Waals surface area contributed by atoms with Crippen molar-refractivity contribution in [3.8, 4) is 11.5 Å². The second-order valence-electron chi connectivity index (χ2n) is 7.28. The van der Waals surface area contributed by atoms with Crippen LogP contribution in [0.25, 0.3) is 0 Å². The summed E-state index contributed by atoms with van der Waals surface area (Å²) in [5.41, 5.74) is -0.124. The molecule has 2 rings (SSSR count). The van der Waals surface area contributed by atoms with Crippen LogP contribution in [0.15, 0.2) is 12.1 Å². The molecule has 8 heteroatoms. The van der Waals surface area contributed by atoms with Crippen LogP contribution in [-0.4, -0.2) is 74.2 Å². The van der Waals surface area contributed by atoms with Gasteiger partial charge in [-0.25, -0.2) is 4.79 Å². The Kier molecular flexibility index (Phi) is 7.33. The van der Waals surface area contributed by atoms with E-state index in [0.29, 0.717) is 49.6 Å². The zero-order chi connectivity index (χ0) is 20.0. The highest BCUT2D eigenvalue weighted by Crippen LogP contribution is 2.36. The van der Waals surface area contributed by atoms with E-state index < -0.39 is 5.60 Å². The van der Waals surface area contributed by atoms with E-state index in [9.17, 15) is 9.59 Å². The maximum atomic E-state index is 12.1. The Bertz CT molecular complexity index is 667. The molecule has 1 aromatic carbocycles. The number of amides is 1. The summed E-state index contributed by atoms with van der Waals surface area (Å²) in [6.07, 6.45) is 0.409. The van der Waals surface area contributed by atoms with Crippen molar-refractivity contribution in [2.75, 3.05) is 46.4 Å². The number of carbonyl (C=O) groups is 2. The average Bonchev–Trinajstić information content (AvgIpc) is 2.61. The minimum Gasteiger partial charge on any atom is -0.491 e. The van der Waals surface area contributed by atoms with Crippen molar-refractivity contribution < 1.29 is 23.8 Å². The molecule has 0 atom stereocenters. The second kappa shape index (κ2) is 9.28. The van der Waals surface area contributed by atoms with E-state index in [2.05, 4.69) is 4.90 Å². The van der Waals surface area contributed by atoms with Gasteiger partial charge in [0, 0.05) is 38.3 Å². The summed E-state index contributed by atoms with van der Waals surface area (Å²) < 4.78 is 16.4. The highest BCUT2D eigenvalue weighted by atomic mass is 35.5. The first-order valence-electron chi connectivity index (χ1n) is 8.90. The summed E-state index contributed by atoms with van der Waals surface area (Å²) >= 11 is 6.14. The molecule has 7 nitrogen and oxygen atoms in total. The van der Waals surface area contributed by atoms with E-state index in [4.69, 9.17) is 25.8 Å². The van der Waals surface area contributed by atoms with Crippen LogP contribution in [0.2, 0.25) is 5.02 Å². The van der Waals surface area contributed by atoms with Gasteiger partial charge in [0.15, 0.2) is 17.8 Å². The molecule has 1 fully saturated rings. The Hall–Kier alpha value is -1.99. The number of aldehydes is 1. The van der Waals surface area contributed by atoms with Crippen LogP contribution < -0.4 is 9.47 Å². The maximum Gasteiger partial charge on any atom is 0.410 e. The van der Waals surface area contributed by atoms with Gasteiger partial charge in [-0.2, -0.15) is 0 Å². The SMILES string of the molecule is COc1c(OCCN2CCN(C(=O)OC(C)(C)C)CC2)ccc(C=O)c1Cl. The minimum atomic E-state index is -0.484. The van der Waals surface area contributed by atoms with E-state index in [-0.39, 0.29) is 11.1 Å². The van der Waals surface area contributed by atoms with Crippen LogP contribution in [0, 0.1) is 0 Å². The number of hydrogen-bond acceptors (Lipinski definition) is 6. The molecule has 1 amide bonds. The predicted molar refractivity (Wildman–Crippen MR) is 103 cm³/mol. The fourth-order valence-corrected chi connectivity index (χ4v) is 2.99. The number of rotatable bonds is 6. The van der Waals surface area contributed by atoms with Crippen LogP contribution >= 0.6 is 11.6 Å². The molecule has 150 valence electrons. The summed E-state index contributed by atoms with van der Waals surface area (Å²) in [6.45, 7) is 9.49. The summed E-state index contributed by atoms with van der Waals surface area (Å²) in [7, 11) is 1.48. The van der Waals surface area contributed by atoms with Crippen molar-refractivity contribution >= 4 is 24.0 Å². The van der Waals surface area contributed by atoms with E-state index in [0.717, 1.165) is 13.1 Å². The topological polar surface area (TPSA) is 68.3 Å². The van der Waals surface area contributed by atoms with Crippen molar-refractivity contribution in [2.24, 2.45) is 0 Å². The van der Waals surface area contributed by atoms with Gasteiger partial charge in [0.2, 0.25) is 0 Å². The van der Waals surface area contributed by atoms with Gasteiger partial charge in [-0.1, -0.05) is 11.6 Å². The summed E-state index contributed by atoms with van der Waals surface area (Å²) in [6, 6.07) is 3.28. The third kappa shape index (κ3) is 6.01. The standard InChI is InChI=1S/C19H27ClN2O5/c1-19(2,3)27-18(24)22-9-7-21(8-10-22)11-12-26-15-6-5-14(13-23)16(20)17(15)25-4/h5-6,13H,7-12H2,1-4H3. The molecule has 0 bridgehead atoms. The molecule has 0 aromatic heterocycles. The van der Waals surface area contributed by atoms with Crippen molar-refractivity contribution in [3.63, 3.8) is 0 Å². The molecule has 1 aliphatic rings. The zero-order valence-corrected chi connectivity index (χ0v) is 17.0. The Morgan fingerprint density at radius 3 is 2.44 bits per heavy atom. The Morgan fingerprint density at radius 1 is 1.22 bits per heavy atom. The lowest BCUT2D eigenvalue weighted by Crippen LogP contribution is -2.50. The van der Waals surface area contributed by atoms with E-state index >= 15 is 0 Å². The number of piperazine rings is 1. The number of nitrogens with zero attached hydrogens (tertiary/aromatic N) is 2. The largest absolute Gasteiger partial charge is 0.491 e. The van der Waals surface area contributed by atoms with Gasteiger partial charge in [0.1, 0.15) is 12.2 Å². The van der Waals surface area contributed by atoms with Crippen LogP contribution in [0.4, 0.5) is 4.79 Å². The van der Waals surface area contributed by atoms with Crippen molar-refractivity contribution in [3.05, 3.63) is 22.7 Å². The molecule has 0 N–H and O–H groups in total. The fourth-order valence-electron chi connectivity index (χ4n) is 2.71. The van der Waals surface area contributed by atoms with Crippen molar-refractivity contribution in [1.29, 1.82) is 0 Å². The molecule has 1 heterocycles. The average molecular weight is 399 g/mol. The normalized spacial score (nSPS) is 15.4. The van der Waals surface area contributed by atoms with Gasteiger partial charge in [-0.3, -0.25) is 9.69 Å². The summed E-state index contributed by atoms with van der Waals surface area (Å²) in [4.78, 5) is 27.0. The third-order valence-corrected chi connectivity index (χ3v) is 4.50. The van der Waals surface area contributed by atoms with Gasteiger partial charge < -0.3 is 19.1 Å². The molecule has 0 radical (unpaired) electrons. The lowest BCUT2D eigenvalue weighted by Gasteiger charge is -2.35. The molecular formula is C19H27ClN2O5. The van der Waals surface area contributed by atoms with E-state index in [1.54, 1.807) is 17.0 Å². The van der Waals surface area contributed by atoms with Crippen LogP contribution in [0.3, 0.4) is 0 Å². The Labute approximate surface area is 165 Å². The van der Waals surface area contributed by atoms with Crippen molar-refractivity contribution in [1.82, 2.24) is 9.80 Å². The molecular weight excluding hydrogens is 372 g/mol. The number of benzene rings is 1. The van der Waals surface area contributed by atoms with Gasteiger partial charge >= 0.3 is 6.09 Å². The number of methoxy groups -OCH3 is 1. The molecule has 1 aromatic rings. The fraction of sp³-hybridized carbons (Fsp3) is 0.579. The number of ether oxygens (including phenoxy) is 3. The van der Waals surface area contributed by atoms with Gasteiger partial charge in [0.25, 0.3) is 0 Å². The smallest absolute Gasteiger partial charge is 0.410 e. The number of hydrogen-bond donors (Lipinski definition) is 0. The molecule has 0 unspecified atom stereocenters. The summed E-state index contributed by atoms with van der Waals surface area (Å²) in [5, 5.41) is 0.246. The van der Waals surface area contributed by atoms with Crippen molar-refractivity contribution in [2.45, 2.75) is 26.4 Å². The number of carbonyl (C=O) groups excluding carboxylic acids is 2. The first-order valence-corrected chi connectivity index (χ1v) is 9.27. The monoisotopic (exact) mass is 398 g/mol. The number of halogens is 1. The summed E-state index contributed by atoms with van der Waals surface area (Å²) in [5.74, 6) is 0.858. The van der Waals surface area contributed by atoms with Crippen LogP contribution in [-0.2, 0) is 4.74 Å².